The molecule has 1 aromatic carbocycles. The topological polar surface area (TPSA) is 30.5 Å². The zero-order chi connectivity index (χ0) is 12.6. The van der Waals surface area contributed by atoms with Gasteiger partial charge in [-0.3, -0.25) is 0 Å². The van der Waals surface area contributed by atoms with Crippen LogP contribution in [0, 0.1) is 0 Å². The van der Waals surface area contributed by atoms with Crippen LogP contribution in [0.15, 0.2) is 30.3 Å². The number of nitrogens with one attached hydrogen (secondary N) is 1. The molecule has 0 bridgehead atoms. The van der Waals surface area contributed by atoms with E-state index >= 15 is 0 Å². The Hall–Kier alpha value is -0.900. The second-order valence-electron chi connectivity index (χ2n) is 4.80. The molecule has 18 heavy (non-hydrogen) atoms. The molecule has 1 aliphatic rings. The van der Waals surface area contributed by atoms with Crippen molar-refractivity contribution >= 4 is 0 Å². The van der Waals surface area contributed by atoms with Gasteiger partial charge in [-0.15, -0.1) is 0 Å². The smallest absolute Gasteiger partial charge is 0.0932 e. The van der Waals surface area contributed by atoms with Gasteiger partial charge in [0.25, 0.3) is 0 Å². The molecule has 0 amide bonds. The van der Waals surface area contributed by atoms with E-state index in [4.69, 9.17) is 9.47 Å². The van der Waals surface area contributed by atoms with Crippen LogP contribution >= 0.6 is 0 Å². The highest BCUT2D eigenvalue weighted by molar-refractivity contribution is 5.13. The van der Waals surface area contributed by atoms with Crippen LogP contribution in [0.2, 0.25) is 0 Å². The molecule has 2 rings (SSSR count). The molecule has 1 aromatic rings. The number of hydrogen-bond donors (Lipinski definition) is 1. The van der Waals surface area contributed by atoms with Crippen LogP contribution in [-0.2, 0) is 16.1 Å². The fourth-order valence-electron chi connectivity index (χ4n) is 2.17. The Balaban J connectivity index is 1.67. The Kier molecular flexibility index (Phi) is 5.65. The van der Waals surface area contributed by atoms with E-state index in [0.717, 1.165) is 19.6 Å². The first-order valence-electron chi connectivity index (χ1n) is 6.85. The maximum atomic E-state index is 5.79. The van der Waals surface area contributed by atoms with E-state index in [1.165, 1.54) is 12.0 Å². The molecule has 1 heterocycles. The predicted molar refractivity (Wildman–Crippen MR) is 72.5 cm³/mol. The normalized spacial score (nSPS) is 24.7. The zero-order valence-corrected chi connectivity index (χ0v) is 11.1. The van der Waals surface area contributed by atoms with Crippen molar-refractivity contribution in [3.63, 3.8) is 0 Å². The van der Waals surface area contributed by atoms with Gasteiger partial charge in [-0.05, 0) is 18.4 Å². The van der Waals surface area contributed by atoms with Crippen molar-refractivity contribution in [2.45, 2.75) is 38.5 Å². The molecule has 3 heteroatoms. The average molecular weight is 249 g/mol. The lowest BCUT2D eigenvalue weighted by atomic mass is 10.2. The second-order valence-corrected chi connectivity index (χ2v) is 4.80. The van der Waals surface area contributed by atoms with Gasteiger partial charge in [0.05, 0.1) is 19.3 Å². The molecule has 1 saturated heterocycles. The Morgan fingerprint density at radius 3 is 2.94 bits per heavy atom. The molecule has 0 aliphatic carbocycles. The van der Waals surface area contributed by atoms with Crippen LogP contribution in [0.25, 0.3) is 0 Å². The summed E-state index contributed by atoms with van der Waals surface area (Å²) >= 11 is 0. The van der Waals surface area contributed by atoms with Crippen molar-refractivity contribution in [3.8, 4) is 0 Å². The maximum absolute atomic E-state index is 5.79. The van der Waals surface area contributed by atoms with Gasteiger partial charge in [0.2, 0.25) is 0 Å². The predicted octanol–water partition coefficient (Wildman–Crippen LogP) is 2.36. The quantitative estimate of drug-likeness (QED) is 0.869. The first-order valence-corrected chi connectivity index (χ1v) is 6.85. The van der Waals surface area contributed by atoms with Crippen LogP contribution in [0.3, 0.4) is 0 Å². The van der Waals surface area contributed by atoms with E-state index in [0.29, 0.717) is 19.3 Å². The molecule has 0 spiro atoms. The van der Waals surface area contributed by atoms with Gasteiger partial charge in [-0.1, -0.05) is 37.3 Å². The lowest BCUT2D eigenvalue weighted by Crippen LogP contribution is -2.34. The van der Waals surface area contributed by atoms with E-state index in [-0.39, 0.29) is 6.10 Å². The summed E-state index contributed by atoms with van der Waals surface area (Å²) in [6, 6.07) is 10.9. The third-order valence-electron chi connectivity index (χ3n) is 3.36. The molecule has 0 aromatic heterocycles. The average Bonchev–Trinajstić information content (AvgIpc) is 2.65. The number of benzene rings is 1. The summed E-state index contributed by atoms with van der Waals surface area (Å²) in [7, 11) is 0. The maximum Gasteiger partial charge on any atom is 0.0932 e. The lowest BCUT2D eigenvalue weighted by molar-refractivity contribution is -0.0128. The third-order valence-corrected chi connectivity index (χ3v) is 3.36. The van der Waals surface area contributed by atoms with Crippen molar-refractivity contribution in [3.05, 3.63) is 35.9 Å². The Bertz CT molecular complexity index is 329. The molecular weight excluding hydrogens is 226 g/mol. The summed E-state index contributed by atoms with van der Waals surface area (Å²) < 4.78 is 11.5. The fourth-order valence-corrected chi connectivity index (χ4v) is 2.17. The van der Waals surface area contributed by atoms with E-state index in [1.54, 1.807) is 0 Å². The highest BCUT2D eigenvalue weighted by atomic mass is 16.5. The molecular formula is C15H23NO2. The van der Waals surface area contributed by atoms with Gasteiger partial charge < -0.3 is 14.8 Å². The number of rotatable bonds is 5. The number of hydrogen-bond acceptors (Lipinski definition) is 3. The SMILES string of the molecule is CCC1CCOC(COCc2ccccc2)CN1. The van der Waals surface area contributed by atoms with Gasteiger partial charge >= 0.3 is 0 Å². The minimum absolute atomic E-state index is 0.185. The molecule has 3 nitrogen and oxygen atoms in total. The van der Waals surface area contributed by atoms with Crippen molar-refractivity contribution in [1.29, 1.82) is 0 Å². The van der Waals surface area contributed by atoms with Crippen LogP contribution in [0.5, 0.6) is 0 Å². The minimum atomic E-state index is 0.185. The van der Waals surface area contributed by atoms with Crippen molar-refractivity contribution in [2.75, 3.05) is 19.8 Å². The minimum Gasteiger partial charge on any atom is -0.374 e. The van der Waals surface area contributed by atoms with Crippen LogP contribution in [-0.4, -0.2) is 31.9 Å². The highest BCUT2D eigenvalue weighted by Gasteiger charge is 2.17. The van der Waals surface area contributed by atoms with Gasteiger partial charge in [0, 0.05) is 19.2 Å². The highest BCUT2D eigenvalue weighted by Crippen LogP contribution is 2.07. The monoisotopic (exact) mass is 249 g/mol. The molecule has 0 saturated carbocycles. The van der Waals surface area contributed by atoms with Crippen LogP contribution < -0.4 is 5.32 Å². The van der Waals surface area contributed by atoms with Gasteiger partial charge in [0.1, 0.15) is 0 Å². The van der Waals surface area contributed by atoms with E-state index in [1.807, 2.05) is 18.2 Å². The summed E-state index contributed by atoms with van der Waals surface area (Å²) in [5, 5.41) is 3.53. The summed E-state index contributed by atoms with van der Waals surface area (Å²) in [5.74, 6) is 0. The van der Waals surface area contributed by atoms with Crippen LogP contribution in [0.4, 0.5) is 0 Å². The van der Waals surface area contributed by atoms with Crippen molar-refractivity contribution < 1.29 is 9.47 Å². The molecule has 1 N–H and O–H groups in total. The van der Waals surface area contributed by atoms with Crippen molar-refractivity contribution in [2.24, 2.45) is 0 Å². The first-order chi connectivity index (χ1) is 8.88. The third kappa shape index (κ3) is 4.41. The number of ether oxygens (including phenoxy) is 2. The molecule has 1 fully saturated rings. The van der Waals surface area contributed by atoms with E-state index < -0.39 is 0 Å². The molecule has 1 aliphatic heterocycles. The lowest BCUT2D eigenvalue weighted by Gasteiger charge is -2.16. The molecule has 2 unspecified atom stereocenters. The molecule has 0 radical (unpaired) electrons. The fraction of sp³-hybridized carbons (Fsp3) is 0.600. The van der Waals surface area contributed by atoms with E-state index in [9.17, 15) is 0 Å². The standard InChI is InChI=1S/C15H23NO2/c1-2-14-8-9-18-15(10-16-14)12-17-11-13-6-4-3-5-7-13/h3-7,14-16H,2,8-12H2,1H3. The summed E-state index contributed by atoms with van der Waals surface area (Å²) in [6.45, 7) is 5.28. The summed E-state index contributed by atoms with van der Waals surface area (Å²) in [6.07, 6.45) is 2.46. The summed E-state index contributed by atoms with van der Waals surface area (Å²) in [4.78, 5) is 0. The van der Waals surface area contributed by atoms with Gasteiger partial charge in [-0.25, -0.2) is 0 Å². The first kappa shape index (κ1) is 13.5. The Labute approximate surface area is 109 Å². The Morgan fingerprint density at radius 2 is 2.17 bits per heavy atom. The van der Waals surface area contributed by atoms with Gasteiger partial charge in [-0.2, -0.15) is 0 Å². The molecule has 100 valence electrons. The largest absolute Gasteiger partial charge is 0.374 e. The van der Waals surface area contributed by atoms with Gasteiger partial charge in [0.15, 0.2) is 0 Å². The van der Waals surface area contributed by atoms with Crippen molar-refractivity contribution in [1.82, 2.24) is 5.32 Å². The second kappa shape index (κ2) is 7.52. The Morgan fingerprint density at radius 1 is 1.33 bits per heavy atom. The zero-order valence-electron chi connectivity index (χ0n) is 11.1. The summed E-state index contributed by atoms with van der Waals surface area (Å²) in [5.41, 5.74) is 1.21. The van der Waals surface area contributed by atoms with E-state index in [2.05, 4.69) is 24.4 Å². The van der Waals surface area contributed by atoms with Crippen LogP contribution in [0.1, 0.15) is 25.3 Å². The molecule has 2 atom stereocenters.